The van der Waals surface area contributed by atoms with Crippen LogP contribution in [0.4, 0.5) is 0 Å². The molecule has 2 N–H and O–H groups in total. The summed E-state index contributed by atoms with van der Waals surface area (Å²) in [5.41, 5.74) is 6.56. The lowest BCUT2D eigenvalue weighted by atomic mass is 9.73. The molecule has 2 fully saturated rings. The van der Waals surface area contributed by atoms with Crippen molar-refractivity contribution in [2.45, 2.75) is 70.3 Å². The molecule has 0 spiro atoms. The van der Waals surface area contributed by atoms with Crippen molar-refractivity contribution in [3.8, 4) is 0 Å². The summed E-state index contributed by atoms with van der Waals surface area (Å²) < 4.78 is 0. The van der Waals surface area contributed by atoms with Crippen LogP contribution in [-0.4, -0.2) is 30.1 Å². The lowest BCUT2D eigenvalue weighted by Crippen LogP contribution is -2.56. The largest absolute Gasteiger partial charge is 0.329 e. The highest BCUT2D eigenvalue weighted by Crippen LogP contribution is 2.38. The molecule has 1 aliphatic heterocycles. The van der Waals surface area contributed by atoms with Crippen molar-refractivity contribution in [3.63, 3.8) is 0 Å². The maximum Gasteiger partial charge on any atom is 0.0334 e. The molecule has 0 bridgehead atoms. The first-order valence-corrected chi connectivity index (χ1v) is 7.76. The van der Waals surface area contributed by atoms with Crippen molar-refractivity contribution in [2.75, 3.05) is 19.6 Å². The van der Waals surface area contributed by atoms with Gasteiger partial charge in [0, 0.05) is 12.1 Å². The maximum atomic E-state index is 6.20. The molecule has 0 amide bonds. The Kier molecular flexibility index (Phi) is 4.87. The molecule has 1 saturated carbocycles. The van der Waals surface area contributed by atoms with Crippen molar-refractivity contribution in [1.82, 2.24) is 4.90 Å². The average Bonchev–Trinajstić information content (AvgIpc) is 2.68. The summed E-state index contributed by atoms with van der Waals surface area (Å²) in [6.07, 6.45) is 12.5. The molecule has 2 rings (SSSR count). The summed E-state index contributed by atoms with van der Waals surface area (Å²) in [4.78, 5) is 2.77. The minimum absolute atomic E-state index is 0.364. The Labute approximate surface area is 107 Å². The van der Waals surface area contributed by atoms with Crippen LogP contribution in [0.2, 0.25) is 0 Å². The van der Waals surface area contributed by atoms with Crippen molar-refractivity contribution < 1.29 is 0 Å². The van der Waals surface area contributed by atoms with Crippen LogP contribution in [-0.2, 0) is 0 Å². The molecule has 17 heavy (non-hydrogen) atoms. The minimum Gasteiger partial charge on any atom is -0.329 e. The summed E-state index contributed by atoms with van der Waals surface area (Å²) in [6.45, 7) is 5.82. The molecule has 2 unspecified atom stereocenters. The fourth-order valence-electron chi connectivity index (χ4n) is 3.96. The Bertz CT molecular complexity index is 221. The molecule has 0 aromatic heterocycles. The Morgan fingerprint density at radius 2 is 1.82 bits per heavy atom. The van der Waals surface area contributed by atoms with Crippen LogP contribution in [0, 0.1) is 5.92 Å². The molecule has 0 radical (unpaired) electrons. The van der Waals surface area contributed by atoms with Gasteiger partial charge in [0.2, 0.25) is 0 Å². The van der Waals surface area contributed by atoms with Gasteiger partial charge in [-0.1, -0.05) is 39.0 Å². The van der Waals surface area contributed by atoms with Crippen molar-refractivity contribution in [3.05, 3.63) is 0 Å². The number of likely N-dealkylation sites (tertiary alicyclic amines) is 1. The van der Waals surface area contributed by atoms with Gasteiger partial charge in [0.1, 0.15) is 0 Å². The molecule has 0 aromatic carbocycles. The Morgan fingerprint density at radius 3 is 2.41 bits per heavy atom. The van der Waals surface area contributed by atoms with E-state index in [1.807, 2.05) is 0 Å². The predicted molar refractivity (Wildman–Crippen MR) is 74.1 cm³/mol. The summed E-state index contributed by atoms with van der Waals surface area (Å²) >= 11 is 0. The molecule has 2 nitrogen and oxygen atoms in total. The van der Waals surface area contributed by atoms with E-state index in [0.717, 1.165) is 12.5 Å². The summed E-state index contributed by atoms with van der Waals surface area (Å²) in [5.74, 6) is 0.926. The van der Waals surface area contributed by atoms with Gasteiger partial charge in [-0.25, -0.2) is 0 Å². The normalized spacial score (nSPS) is 36.7. The molecule has 1 saturated heterocycles. The Morgan fingerprint density at radius 1 is 1.12 bits per heavy atom. The van der Waals surface area contributed by atoms with Gasteiger partial charge >= 0.3 is 0 Å². The zero-order chi connectivity index (χ0) is 12.1. The van der Waals surface area contributed by atoms with Crippen LogP contribution >= 0.6 is 0 Å². The topological polar surface area (TPSA) is 29.3 Å². The van der Waals surface area contributed by atoms with Gasteiger partial charge < -0.3 is 5.73 Å². The van der Waals surface area contributed by atoms with Crippen LogP contribution in [0.3, 0.4) is 0 Å². The number of nitrogens with two attached hydrogens (primary N) is 1. The number of hydrogen-bond donors (Lipinski definition) is 1. The van der Waals surface area contributed by atoms with E-state index in [1.54, 1.807) is 0 Å². The Hall–Kier alpha value is -0.0800. The van der Waals surface area contributed by atoms with E-state index in [4.69, 9.17) is 5.73 Å². The maximum absolute atomic E-state index is 6.20. The van der Waals surface area contributed by atoms with Gasteiger partial charge in [0.15, 0.2) is 0 Å². The molecule has 0 aromatic rings. The third-order valence-corrected chi connectivity index (χ3v) is 5.16. The fraction of sp³-hybridized carbons (Fsp3) is 1.00. The first kappa shape index (κ1) is 13.4. The van der Waals surface area contributed by atoms with Crippen molar-refractivity contribution in [1.29, 1.82) is 0 Å². The third kappa shape index (κ3) is 3.03. The van der Waals surface area contributed by atoms with Crippen LogP contribution in [0.5, 0.6) is 0 Å². The highest BCUT2D eigenvalue weighted by atomic mass is 15.2. The van der Waals surface area contributed by atoms with Gasteiger partial charge in [-0.15, -0.1) is 0 Å². The number of hydrogen-bond acceptors (Lipinski definition) is 2. The van der Waals surface area contributed by atoms with E-state index in [0.29, 0.717) is 5.54 Å². The van der Waals surface area contributed by atoms with Gasteiger partial charge in [-0.2, -0.15) is 0 Å². The van der Waals surface area contributed by atoms with Crippen LogP contribution in [0.15, 0.2) is 0 Å². The molecular formula is C15H30N2. The quantitative estimate of drug-likeness (QED) is 0.818. The molecule has 2 aliphatic rings. The fourth-order valence-corrected chi connectivity index (χ4v) is 3.96. The van der Waals surface area contributed by atoms with Gasteiger partial charge in [0.25, 0.3) is 0 Å². The number of rotatable bonds is 3. The van der Waals surface area contributed by atoms with Crippen LogP contribution in [0.25, 0.3) is 0 Å². The lowest BCUT2D eigenvalue weighted by molar-refractivity contribution is 0.0374. The van der Waals surface area contributed by atoms with E-state index in [-0.39, 0.29) is 0 Å². The first-order valence-electron chi connectivity index (χ1n) is 7.76. The standard InChI is InChI=1S/C15H30N2/c1-2-14-8-7-9-15(12-14,13-16)17-10-5-3-4-6-11-17/h14H,2-13,16H2,1H3. The first-order chi connectivity index (χ1) is 8.30. The highest BCUT2D eigenvalue weighted by Gasteiger charge is 2.39. The lowest BCUT2D eigenvalue weighted by Gasteiger charge is -2.48. The average molecular weight is 238 g/mol. The van der Waals surface area contributed by atoms with E-state index in [1.165, 1.54) is 70.9 Å². The minimum atomic E-state index is 0.364. The molecular weight excluding hydrogens is 208 g/mol. The second kappa shape index (κ2) is 6.19. The molecule has 2 atom stereocenters. The predicted octanol–water partition coefficient (Wildman–Crippen LogP) is 3.16. The summed E-state index contributed by atoms with van der Waals surface area (Å²) in [7, 11) is 0. The molecule has 100 valence electrons. The zero-order valence-electron chi connectivity index (χ0n) is 11.6. The zero-order valence-corrected chi connectivity index (χ0v) is 11.6. The second-order valence-electron chi connectivity index (χ2n) is 6.20. The SMILES string of the molecule is CCC1CCCC(CN)(N2CCCCCC2)C1. The third-order valence-electron chi connectivity index (χ3n) is 5.16. The van der Waals surface area contributed by atoms with E-state index in [9.17, 15) is 0 Å². The number of nitrogens with zero attached hydrogens (tertiary/aromatic N) is 1. The van der Waals surface area contributed by atoms with Crippen molar-refractivity contribution in [2.24, 2.45) is 11.7 Å². The van der Waals surface area contributed by atoms with Crippen molar-refractivity contribution >= 4 is 0 Å². The van der Waals surface area contributed by atoms with E-state index in [2.05, 4.69) is 11.8 Å². The van der Waals surface area contributed by atoms with Gasteiger partial charge in [-0.05, 0) is 44.7 Å². The van der Waals surface area contributed by atoms with Gasteiger partial charge in [0.05, 0.1) is 0 Å². The van der Waals surface area contributed by atoms with E-state index < -0.39 is 0 Å². The molecule has 1 aliphatic carbocycles. The highest BCUT2D eigenvalue weighted by molar-refractivity contribution is 4.96. The van der Waals surface area contributed by atoms with Crippen LogP contribution < -0.4 is 5.73 Å². The Balaban J connectivity index is 2.05. The summed E-state index contributed by atoms with van der Waals surface area (Å²) in [5, 5.41) is 0. The van der Waals surface area contributed by atoms with Crippen LogP contribution in [0.1, 0.15) is 64.7 Å². The second-order valence-corrected chi connectivity index (χ2v) is 6.20. The smallest absolute Gasteiger partial charge is 0.0334 e. The van der Waals surface area contributed by atoms with Gasteiger partial charge in [-0.3, -0.25) is 4.90 Å². The summed E-state index contributed by atoms with van der Waals surface area (Å²) in [6, 6.07) is 0. The molecule has 1 heterocycles. The monoisotopic (exact) mass is 238 g/mol. The van der Waals surface area contributed by atoms with E-state index >= 15 is 0 Å². The molecule has 2 heteroatoms.